The smallest absolute Gasteiger partial charge is 1.00 e. The summed E-state index contributed by atoms with van der Waals surface area (Å²) in [5, 5.41) is 0. The van der Waals surface area contributed by atoms with E-state index in [0.717, 1.165) is 0 Å². The van der Waals surface area contributed by atoms with E-state index >= 15 is 0 Å². The maximum atomic E-state index is 10.9. The Kier molecular flexibility index (Phi) is 7.19. The zero-order valence-electron chi connectivity index (χ0n) is 15.4. The minimum absolute atomic E-state index is 0. The molecule has 26 heavy (non-hydrogen) atoms. The number of imidazole rings is 2. The molecule has 4 rings (SSSR count). The van der Waals surface area contributed by atoms with Crippen LogP contribution in [0.5, 0.6) is 0 Å². The van der Waals surface area contributed by atoms with Crippen molar-refractivity contribution in [2.75, 3.05) is 0 Å². The Labute approximate surface area is 185 Å². The quantitative estimate of drug-likeness (QED) is 0.137. The summed E-state index contributed by atoms with van der Waals surface area (Å²) < 4.78 is 0. The van der Waals surface area contributed by atoms with Gasteiger partial charge in [0.05, 0.1) is 0 Å². The molecule has 0 bridgehead atoms. The minimum atomic E-state index is -0.650. The standard InChI is InChI=1S/2C5H4N4O3.2Na.2H/c2*10-3-1-2(7-4(11)6-1)8-5(12)9-3;;;;/h2*(H4,6,7,8,9,10,11,12);;;;/q;;2*+1;2*-1. The molecule has 14 nitrogen and oxygen atoms in total. The predicted molar refractivity (Wildman–Crippen MR) is 82.5 cm³/mol. The van der Waals surface area contributed by atoms with Crippen LogP contribution in [0.15, 0.2) is 28.8 Å². The van der Waals surface area contributed by atoms with Crippen molar-refractivity contribution in [3.63, 3.8) is 0 Å². The van der Waals surface area contributed by atoms with E-state index in [9.17, 15) is 28.8 Å². The van der Waals surface area contributed by atoms with Crippen molar-refractivity contribution in [1.82, 2.24) is 39.9 Å². The molecule has 0 spiro atoms. The van der Waals surface area contributed by atoms with Crippen molar-refractivity contribution in [2.24, 2.45) is 0 Å². The largest absolute Gasteiger partial charge is 1.00 e. The second-order valence-electron chi connectivity index (χ2n) is 4.47. The van der Waals surface area contributed by atoms with Gasteiger partial charge in [0.15, 0.2) is 0 Å². The molecule has 8 N–H and O–H groups in total. The molecule has 16 heteroatoms. The summed E-state index contributed by atoms with van der Waals surface area (Å²) >= 11 is 0. The maximum Gasteiger partial charge on any atom is 1.00 e. The third-order valence-corrected chi connectivity index (χ3v) is 2.84. The first-order chi connectivity index (χ1) is 11.3. The number of H-pyrrole nitrogens is 8. The van der Waals surface area contributed by atoms with E-state index in [1.54, 1.807) is 0 Å². The molecular weight excluding hydrogens is 374 g/mol. The first kappa shape index (κ1) is 21.9. The van der Waals surface area contributed by atoms with Crippen molar-refractivity contribution in [3.8, 4) is 0 Å². The Bertz CT molecular complexity index is 1290. The second kappa shape index (κ2) is 8.52. The van der Waals surface area contributed by atoms with E-state index < -0.39 is 33.9 Å². The summed E-state index contributed by atoms with van der Waals surface area (Å²) in [5.41, 5.74) is -3.30. The summed E-state index contributed by atoms with van der Waals surface area (Å²) in [7, 11) is 0. The third-order valence-electron chi connectivity index (χ3n) is 2.84. The van der Waals surface area contributed by atoms with Gasteiger partial charge in [0.2, 0.25) is 0 Å². The molecule has 0 aliphatic heterocycles. The molecule has 0 fully saturated rings. The van der Waals surface area contributed by atoms with E-state index in [1.165, 1.54) is 0 Å². The molecule has 4 aromatic heterocycles. The summed E-state index contributed by atoms with van der Waals surface area (Å²) in [6.07, 6.45) is 0. The van der Waals surface area contributed by atoms with Gasteiger partial charge in [-0.2, -0.15) is 0 Å². The minimum Gasteiger partial charge on any atom is -1.00 e. The van der Waals surface area contributed by atoms with Crippen molar-refractivity contribution in [3.05, 3.63) is 62.6 Å². The van der Waals surface area contributed by atoms with E-state index in [-0.39, 0.29) is 84.3 Å². The zero-order chi connectivity index (χ0) is 17.4. The molecule has 0 saturated carbocycles. The van der Waals surface area contributed by atoms with Crippen molar-refractivity contribution in [1.29, 1.82) is 0 Å². The third kappa shape index (κ3) is 4.54. The van der Waals surface area contributed by atoms with Crippen LogP contribution in [0.2, 0.25) is 0 Å². The summed E-state index contributed by atoms with van der Waals surface area (Å²) in [6.45, 7) is 0. The first-order valence-electron chi connectivity index (χ1n) is 6.22. The van der Waals surface area contributed by atoms with Crippen LogP contribution >= 0.6 is 0 Å². The van der Waals surface area contributed by atoms with E-state index in [0.29, 0.717) is 0 Å². The predicted octanol–water partition coefficient (Wildman–Crippen LogP) is -9.30. The summed E-state index contributed by atoms with van der Waals surface area (Å²) in [6, 6.07) is 0. The fourth-order valence-electron chi connectivity index (χ4n) is 1.92. The SMILES string of the molecule is O=c1[nH]c(=O)c2[nH]c(=O)[nH]c2[nH]1.O=c1[nH]c(=O)c2[nH]c(=O)[nH]c2[nH]1.[H-].[H-].[Na+].[Na+]. The molecular formula is C10H10N8Na2O6. The fourth-order valence-corrected chi connectivity index (χ4v) is 1.92. The number of fused-ring (bicyclic) bond motifs is 2. The Hall–Kier alpha value is -2.10. The molecule has 0 radical (unpaired) electrons. The molecule has 0 aliphatic carbocycles. The van der Waals surface area contributed by atoms with E-state index in [1.807, 2.05) is 9.97 Å². The van der Waals surface area contributed by atoms with Crippen molar-refractivity contribution >= 4 is 22.3 Å². The van der Waals surface area contributed by atoms with E-state index in [4.69, 9.17) is 0 Å². The number of rotatable bonds is 0. The van der Waals surface area contributed by atoms with Crippen LogP contribution in [0.25, 0.3) is 22.3 Å². The van der Waals surface area contributed by atoms with Crippen LogP contribution in [-0.4, -0.2) is 39.9 Å². The molecule has 4 aromatic rings. The topological polar surface area (TPSA) is 229 Å². The average Bonchev–Trinajstić information content (AvgIpc) is 3.01. The van der Waals surface area contributed by atoms with Gasteiger partial charge in [-0.3, -0.25) is 49.5 Å². The van der Waals surface area contributed by atoms with Gasteiger partial charge in [0.25, 0.3) is 11.1 Å². The van der Waals surface area contributed by atoms with Crippen molar-refractivity contribution in [2.45, 2.75) is 0 Å². The maximum absolute atomic E-state index is 10.9. The van der Waals surface area contributed by atoms with Crippen LogP contribution in [0.1, 0.15) is 2.85 Å². The van der Waals surface area contributed by atoms with Crippen LogP contribution in [0, 0.1) is 0 Å². The molecule has 0 saturated heterocycles. The Morgan fingerprint density at radius 3 is 1.00 bits per heavy atom. The molecule has 0 atom stereocenters. The van der Waals surface area contributed by atoms with Gasteiger partial charge in [-0.1, -0.05) is 0 Å². The van der Waals surface area contributed by atoms with Gasteiger partial charge in [0.1, 0.15) is 22.3 Å². The monoisotopic (exact) mass is 384 g/mol. The molecule has 0 unspecified atom stereocenters. The first-order valence-corrected chi connectivity index (χ1v) is 6.22. The molecule has 0 amide bonds. The van der Waals surface area contributed by atoms with E-state index in [2.05, 4.69) is 29.9 Å². The Morgan fingerprint density at radius 1 is 0.423 bits per heavy atom. The normalized spacial score (nSPS) is 9.85. The molecule has 0 aromatic carbocycles. The molecule has 128 valence electrons. The molecule has 0 aliphatic rings. The van der Waals surface area contributed by atoms with Crippen LogP contribution in [-0.2, 0) is 0 Å². The van der Waals surface area contributed by atoms with Crippen LogP contribution in [0.3, 0.4) is 0 Å². The number of aromatic amines is 8. The number of hydrogen-bond donors (Lipinski definition) is 8. The average molecular weight is 384 g/mol. The molecule has 4 heterocycles. The number of nitrogens with one attached hydrogen (secondary N) is 8. The van der Waals surface area contributed by atoms with Crippen LogP contribution < -0.4 is 93.0 Å². The Balaban J connectivity index is 0. The fraction of sp³-hybridized carbons (Fsp3) is 0. The number of aromatic nitrogens is 8. The van der Waals surface area contributed by atoms with Gasteiger partial charge in [-0.15, -0.1) is 0 Å². The second-order valence-corrected chi connectivity index (χ2v) is 4.47. The zero-order valence-corrected chi connectivity index (χ0v) is 17.4. The van der Waals surface area contributed by atoms with Gasteiger partial charge < -0.3 is 2.85 Å². The van der Waals surface area contributed by atoms with Crippen LogP contribution in [0.4, 0.5) is 0 Å². The van der Waals surface area contributed by atoms with Crippen molar-refractivity contribution < 1.29 is 62.0 Å². The summed E-state index contributed by atoms with van der Waals surface area (Å²) in [5.74, 6) is 0. The summed E-state index contributed by atoms with van der Waals surface area (Å²) in [4.78, 5) is 82.0. The van der Waals surface area contributed by atoms with Gasteiger partial charge in [-0.05, 0) is 0 Å². The van der Waals surface area contributed by atoms with Gasteiger partial charge >= 0.3 is 81.9 Å². The van der Waals surface area contributed by atoms with Gasteiger partial charge in [-0.25, -0.2) is 19.2 Å². The van der Waals surface area contributed by atoms with Gasteiger partial charge in [0, 0.05) is 0 Å². The number of hydrogen-bond acceptors (Lipinski definition) is 6. The Morgan fingerprint density at radius 2 is 0.692 bits per heavy atom.